The molecule has 0 unspecified atom stereocenters. The van der Waals surface area contributed by atoms with Crippen molar-refractivity contribution in [1.82, 2.24) is 15.0 Å². The maximum Gasteiger partial charge on any atom is 0.433 e. The number of nitrogens with zero attached hydrogens (tertiary/aromatic N) is 4. The van der Waals surface area contributed by atoms with Crippen molar-refractivity contribution >= 4 is 22.7 Å². The zero-order valence-electron chi connectivity index (χ0n) is 13.7. The summed E-state index contributed by atoms with van der Waals surface area (Å²) in [5.41, 5.74) is 0.660. The lowest BCUT2D eigenvalue weighted by atomic mass is 10.1. The number of halogens is 3. The summed E-state index contributed by atoms with van der Waals surface area (Å²) >= 11 is 0. The minimum absolute atomic E-state index is 0.0774. The molecule has 5 nitrogen and oxygen atoms in total. The van der Waals surface area contributed by atoms with E-state index in [9.17, 15) is 13.2 Å². The number of benzene rings is 1. The van der Waals surface area contributed by atoms with Crippen molar-refractivity contribution in [2.24, 2.45) is 0 Å². The Morgan fingerprint density at radius 2 is 1.84 bits per heavy atom. The second-order valence-electron chi connectivity index (χ2n) is 5.67. The highest BCUT2D eigenvalue weighted by molar-refractivity contribution is 5.81. The van der Waals surface area contributed by atoms with Gasteiger partial charge in [0.05, 0.1) is 5.52 Å². The summed E-state index contributed by atoms with van der Waals surface area (Å²) in [5, 5.41) is 3.83. The first-order valence-electron chi connectivity index (χ1n) is 7.55. The Balaban J connectivity index is 1.91. The number of hydrogen-bond acceptors (Lipinski definition) is 5. The van der Waals surface area contributed by atoms with Crippen LogP contribution in [0.3, 0.4) is 0 Å². The molecule has 3 rings (SSSR count). The molecule has 0 radical (unpaired) electrons. The van der Waals surface area contributed by atoms with Gasteiger partial charge in [-0.05, 0) is 11.6 Å². The lowest BCUT2D eigenvalue weighted by Gasteiger charge is -2.16. The first-order chi connectivity index (χ1) is 11.8. The van der Waals surface area contributed by atoms with Crippen molar-refractivity contribution in [3.8, 4) is 0 Å². The maximum atomic E-state index is 13.0. The third-order valence-electron chi connectivity index (χ3n) is 3.61. The summed E-state index contributed by atoms with van der Waals surface area (Å²) in [6.45, 7) is 0.266. The van der Waals surface area contributed by atoms with Gasteiger partial charge < -0.3 is 10.2 Å². The van der Waals surface area contributed by atoms with Gasteiger partial charge in [-0.3, -0.25) is 4.98 Å². The fourth-order valence-corrected chi connectivity index (χ4v) is 2.37. The molecule has 0 saturated carbocycles. The van der Waals surface area contributed by atoms with Crippen LogP contribution in [0.5, 0.6) is 0 Å². The molecule has 0 aliphatic carbocycles. The van der Waals surface area contributed by atoms with Crippen LogP contribution in [0.1, 0.15) is 11.3 Å². The molecule has 2 aromatic heterocycles. The number of nitrogens with one attached hydrogen (secondary N) is 1. The zero-order chi connectivity index (χ0) is 18.0. The van der Waals surface area contributed by atoms with Gasteiger partial charge in [-0.25, -0.2) is 4.98 Å². The molecule has 0 bridgehead atoms. The van der Waals surface area contributed by atoms with Gasteiger partial charge in [0.2, 0.25) is 5.95 Å². The number of para-hydroxylation sites is 1. The molecule has 25 heavy (non-hydrogen) atoms. The van der Waals surface area contributed by atoms with E-state index in [1.807, 2.05) is 30.3 Å². The topological polar surface area (TPSA) is 53.9 Å². The Labute approximate surface area is 142 Å². The van der Waals surface area contributed by atoms with Gasteiger partial charge >= 0.3 is 6.18 Å². The van der Waals surface area contributed by atoms with Gasteiger partial charge in [0.15, 0.2) is 5.69 Å². The fraction of sp³-hybridized carbons (Fsp3) is 0.235. The number of anilines is 2. The normalized spacial score (nSPS) is 11.6. The molecule has 8 heteroatoms. The minimum Gasteiger partial charge on any atom is -0.363 e. The molecule has 2 heterocycles. The van der Waals surface area contributed by atoms with Crippen LogP contribution in [0.2, 0.25) is 0 Å². The first kappa shape index (κ1) is 16.9. The van der Waals surface area contributed by atoms with Gasteiger partial charge in [0, 0.05) is 38.3 Å². The van der Waals surface area contributed by atoms with E-state index >= 15 is 0 Å². The van der Waals surface area contributed by atoms with Gasteiger partial charge in [-0.15, -0.1) is 0 Å². The largest absolute Gasteiger partial charge is 0.433 e. The van der Waals surface area contributed by atoms with Gasteiger partial charge in [-0.1, -0.05) is 24.3 Å². The second-order valence-corrected chi connectivity index (χ2v) is 5.67. The van der Waals surface area contributed by atoms with Crippen LogP contribution in [-0.2, 0) is 12.7 Å². The zero-order valence-corrected chi connectivity index (χ0v) is 13.7. The number of pyridine rings is 1. The van der Waals surface area contributed by atoms with E-state index in [4.69, 9.17) is 0 Å². The Bertz CT molecular complexity index is 888. The number of aromatic nitrogens is 3. The molecule has 1 aromatic carbocycles. The van der Waals surface area contributed by atoms with Crippen LogP contribution >= 0.6 is 0 Å². The van der Waals surface area contributed by atoms with Crippen LogP contribution in [0, 0.1) is 0 Å². The predicted octanol–water partition coefficient (Wildman–Crippen LogP) is 3.72. The number of fused-ring (bicyclic) bond motifs is 1. The highest BCUT2D eigenvalue weighted by Gasteiger charge is 2.34. The molecule has 0 atom stereocenters. The lowest BCUT2D eigenvalue weighted by Crippen LogP contribution is -2.17. The van der Waals surface area contributed by atoms with Crippen LogP contribution in [-0.4, -0.2) is 29.0 Å². The summed E-state index contributed by atoms with van der Waals surface area (Å²) in [6.07, 6.45) is -2.86. The van der Waals surface area contributed by atoms with Crippen molar-refractivity contribution in [3.05, 3.63) is 53.9 Å². The van der Waals surface area contributed by atoms with Gasteiger partial charge in [0.25, 0.3) is 0 Å². The average molecular weight is 347 g/mol. The monoisotopic (exact) mass is 347 g/mol. The van der Waals surface area contributed by atoms with Crippen LogP contribution in [0.15, 0.2) is 42.6 Å². The van der Waals surface area contributed by atoms with Crippen molar-refractivity contribution in [2.75, 3.05) is 24.3 Å². The second kappa shape index (κ2) is 6.54. The van der Waals surface area contributed by atoms with Crippen LogP contribution in [0.25, 0.3) is 10.9 Å². The standard InChI is InChI=1S/C17H16F3N5/c1-25(2)14-9-13(17(18,19)20)23-16(24-14)22-10-12-6-3-5-11-7-4-8-21-15(11)12/h3-9H,10H2,1-2H3,(H,22,23,24). The average Bonchev–Trinajstić information content (AvgIpc) is 2.59. The molecule has 130 valence electrons. The molecular weight excluding hydrogens is 331 g/mol. The van der Waals surface area contributed by atoms with Crippen molar-refractivity contribution in [3.63, 3.8) is 0 Å². The highest BCUT2D eigenvalue weighted by Crippen LogP contribution is 2.30. The Hall–Kier alpha value is -2.90. The summed E-state index contributed by atoms with van der Waals surface area (Å²) in [7, 11) is 3.25. The molecule has 3 aromatic rings. The number of hydrogen-bond donors (Lipinski definition) is 1. The molecule has 0 aliphatic heterocycles. The predicted molar refractivity (Wildman–Crippen MR) is 90.4 cm³/mol. The van der Waals surface area contributed by atoms with Crippen molar-refractivity contribution in [2.45, 2.75) is 12.7 Å². The van der Waals surface area contributed by atoms with E-state index in [-0.39, 0.29) is 18.3 Å². The summed E-state index contributed by atoms with van der Waals surface area (Å²) in [5.74, 6) is 0.104. The fourth-order valence-electron chi connectivity index (χ4n) is 2.37. The summed E-state index contributed by atoms with van der Waals surface area (Å²) < 4.78 is 39.1. The van der Waals surface area contributed by atoms with Gasteiger partial charge in [0.1, 0.15) is 5.82 Å². The first-order valence-corrected chi connectivity index (χ1v) is 7.55. The molecular formula is C17H16F3N5. The van der Waals surface area contributed by atoms with E-state index in [1.165, 1.54) is 4.90 Å². The van der Waals surface area contributed by atoms with E-state index in [2.05, 4.69) is 20.3 Å². The van der Waals surface area contributed by atoms with Crippen LogP contribution < -0.4 is 10.2 Å². The Kier molecular flexibility index (Phi) is 4.43. The number of alkyl halides is 3. The summed E-state index contributed by atoms with van der Waals surface area (Å²) in [6, 6.07) is 10.3. The van der Waals surface area contributed by atoms with Gasteiger partial charge in [-0.2, -0.15) is 18.2 Å². The summed E-state index contributed by atoms with van der Waals surface area (Å²) in [4.78, 5) is 13.5. The van der Waals surface area contributed by atoms with E-state index in [0.29, 0.717) is 0 Å². The molecule has 1 N–H and O–H groups in total. The smallest absolute Gasteiger partial charge is 0.363 e. The van der Waals surface area contributed by atoms with Crippen LogP contribution in [0.4, 0.5) is 24.9 Å². The molecule has 0 fully saturated rings. The van der Waals surface area contributed by atoms with E-state index in [0.717, 1.165) is 22.5 Å². The van der Waals surface area contributed by atoms with E-state index in [1.54, 1.807) is 20.3 Å². The SMILES string of the molecule is CN(C)c1cc(C(F)(F)F)nc(NCc2cccc3cccnc23)n1. The molecule has 0 saturated heterocycles. The van der Waals surface area contributed by atoms with Crippen molar-refractivity contribution in [1.29, 1.82) is 0 Å². The Morgan fingerprint density at radius 3 is 2.56 bits per heavy atom. The third-order valence-corrected chi connectivity index (χ3v) is 3.61. The Morgan fingerprint density at radius 1 is 1.08 bits per heavy atom. The minimum atomic E-state index is -4.54. The molecule has 0 amide bonds. The van der Waals surface area contributed by atoms with Crippen molar-refractivity contribution < 1.29 is 13.2 Å². The molecule has 0 aliphatic rings. The maximum absolute atomic E-state index is 13.0. The van der Waals surface area contributed by atoms with E-state index < -0.39 is 11.9 Å². The number of rotatable bonds is 4. The third kappa shape index (κ3) is 3.78. The highest BCUT2D eigenvalue weighted by atomic mass is 19.4. The lowest BCUT2D eigenvalue weighted by molar-refractivity contribution is -0.141. The molecule has 0 spiro atoms. The quantitative estimate of drug-likeness (QED) is 0.779.